The molecule has 2 aliphatic heterocycles. The highest BCUT2D eigenvalue weighted by Gasteiger charge is 2.71. The molecule has 4 aliphatic carbocycles. The molecule has 182 valence electrons. The Morgan fingerprint density at radius 3 is 2.31 bits per heavy atom. The molecule has 5 heteroatoms. The van der Waals surface area contributed by atoms with E-state index in [1.165, 1.54) is 12.8 Å². The summed E-state index contributed by atoms with van der Waals surface area (Å²) in [5.41, 5.74) is 0.324. The smallest absolute Gasteiger partial charge is 0.197 e. The van der Waals surface area contributed by atoms with Gasteiger partial charge in [-0.25, -0.2) is 0 Å². The second kappa shape index (κ2) is 7.16. The molecule has 0 aromatic carbocycles. The molecular weight excluding hydrogens is 404 g/mol. The van der Waals surface area contributed by atoms with Crippen molar-refractivity contribution in [3.8, 4) is 0 Å². The largest absolute Gasteiger partial charge is 0.393 e. The topological polar surface area (TPSA) is 79.2 Å². The molecule has 14 atom stereocenters. The van der Waals surface area contributed by atoms with Crippen molar-refractivity contribution in [1.29, 1.82) is 0 Å². The lowest BCUT2D eigenvalue weighted by Crippen LogP contribution is -2.59. The summed E-state index contributed by atoms with van der Waals surface area (Å²) in [5, 5.41) is 32.6. The fourth-order valence-corrected chi connectivity index (χ4v) is 10.4. The first-order valence-corrected chi connectivity index (χ1v) is 13.5. The van der Waals surface area contributed by atoms with Crippen molar-refractivity contribution in [3.63, 3.8) is 0 Å². The standard InChI is InChI=1S/C27H44O5/c1-14-9-23(30)27(31-13-14)15(2)24-22(32-27)12-19-17-11-21(29)20-10-16(28)5-7-25(20,3)18(17)6-8-26(19,24)4/h14-24,28-30H,5-13H2,1-4H3/t14-,15+,16+,17-,18+,19+,20-,21+,22+,23?,24+,25-,26+,27+/m1/s1. The minimum Gasteiger partial charge on any atom is -0.393 e. The first-order chi connectivity index (χ1) is 15.1. The number of hydrogen-bond donors (Lipinski definition) is 3. The van der Waals surface area contributed by atoms with Crippen LogP contribution in [-0.4, -0.2) is 52.1 Å². The molecule has 1 spiro atoms. The maximum atomic E-state index is 11.2. The van der Waals surface area contributed by atoms with Crippen LogP contribution in [0, 0.1) is 52.3 Å². The quantitative estimate of drug-likeness (QED) is 0.526. The fraction of sp³-hybridized carbons (Fsp3) is 1.00. The Morgan fingerprint density at radius 1 is 0.812 bits per heavy atom. The molecule has 5 nitrogen and oxygen atoms in total. The Balaban J connectivity index is 1.29. The van der Waals surface area contributed by atoms with Crippen molar-refractivity contribution in [3.05, 3.63) is 0 Å². The third-order valence-corrected chi connectivity index (χ3v) is 11.9. The van der Waals surface area contributed by atoms with Gasteiger partial charge in [-0.05, 0) is 97.7 Å². The van der Waals surface area contributed by atoms with Gasteiger partial charge in [-0.3, -0.25) is 0 Å². The van der Waals surface area contributed by atoms with E-state index in [2.05, 4.69) is 27.7 Å². The highest BCUT2D eigenvalue weighted by Crippen LogP contribution is 2.71. The SMILES string of the molecule is C[C@H]1CO[C@@]2(O[C@H]3C[C@H]4[C@@H]5C[C@H](O)[C@H]6C[C@@H](O)CC[C@]6(C)[C@H]5CC[C@]4(C)[C@H]3[C@@H]2C)C(O)C1. The first kappa shape index (κ1) is 22.3. The lowest BCUT2D eigenvalue weighted by molar-refractivity contribution is -0.316. The molecule has 0 amide bonds. The molecular formula is C27H44O5. The number of aliphatic hydroxyl groups is 3. The first-order valence-electron chi connectivity index (χ1n) is 13.5. The van der Waals surface area contributed by atoms with Gasteiger partial charge < -0.3 is 24.8 Å². The molecule has 2 heterocycles. The molecule has 6 rings (SSSR count). The Kier molecular flexibility index (Phi) is 4.99. The summed E-state index contributed by atoms with van der Waals surface area (Å²) in [6, 6.07) is 0. The predicted molar refractivity (Wildman–Crippen MR) is 121 cm³/mol. The molecule has 0 aromatic rings. The van der Waals surface area contributed by atoms with Gasteiger partial charge in [0, 0.05) is 5.92 Å². The van der Waals surface area contributed by atoms with Crippen LogP contribution in [0.25, 0.3) is 0 Å². The van der Waals surface area contributed by atoms with Gasteiger partial charge in [0.05, 0.1) is 24.9 Å². The van der Waals surface area contributed by atoms with Crippen molar-refractivity contribution in [2.45, 2.75) is 109 Å². The summed E-state index contributed by atoms with van der Waals surface area (Å²) in [6.07, 6.45) is 6.86. The van der Waals surface area contributed by atoms with Crippen LogP contribution in [0.5, 0.6) is 0 Å². The second-order valence-corrected chi connectivity index (χ2v) is 13.4. The molecule has 1 unspecified atom stereocenters. The second-order valence-electron chi connectivity index (χ2n) is 13.4. The summed E-state index contributed by atoms with van der Waals surface area (Å²) in [5.74, 6) is 2.12. The fourth-order valence-electron chi connectivity index (χ4n) is 10.4. The molecule has 32 heavy (non-hydrogen) atoms. The van der Waals surface area contributed by atoms with Gasteiger partial charge >= 0.3 is 0 Å². The minimum atomic E-state index is -0.824. The van der Waals surface area contributed by atoms with Gasteiger partial charge in [0.25, 0.3) is 0 Å². The van der Waals surface area contributed by atoms with Gasteiger partial charge in [0.1, 0.15) is 6.10 Å². The monoisotopic (exact) mass is 448 g/mol. The van der Waals surface area contributed by atoms with Crippen LogP contribution in [-0.2, 0) is 9.47 Å². The van der Waals surface area contributed by atoms with Crippen LogP contribution >= 0.6 is 0 Å². The van der Waals surface area contributed by atoms with E-state index in [9.17, 15) is 15.3 Å². The van der Waals surface area contributed by atoms with E-state index in [-0.39, 0.29) is 41.0 Å². The lowest BCUT2D eigenvalue weighted by Gasteiger charge is -2.62. The zero-order valence-electron chi connectivity index (χ0n) is 20.4. The predicted octanol–water partition coefficient (Wildman–Crippen LogP) is 3.74. The van der Waals surface area contributed by atoms with Gasteiger partial charge in [-0.2, -0.15) is 0 Å². The van der Waals surface area contributed by atoms with E-state index < -0.39 is 11.9 Å². The maximum absolute atomic E-state index is 11.2. The van der Waals surface area contributed by atoms with E-state index in [4.69, 9.17) is 9.47 Å². The Bertz CT molecular complexity index is 758. The number of hydrogen-bond acceptors (Lipinski definition) is 5. The van der Waals surface area contributed by atoms with Crippen molar-refractivity contribution in [2.75, 3.05) is 6.61 Å². The van der Waals surface area contributed by atoms with E-state index in [0.717, 1.165) is 38.5 Å². The Labute approximate surface area is 193 Å². The summed E-state index contributed by atoms with van der Waals surface area (Å²) in [7, 11) is 0. The van der Waals surface area contributed by atoms with Crippen molar-refractivity contribution < 1.29 is 24.8 Å². The van der Waals surface area contributed by atoms with E-state index >= 15 is 0 Å². The van der Waals surface area contributed by atoms with Crippen molar-refractivity contribution in [1.82, 2.24) is 0 Å². The van der Waals surface area contributed by atoms with Crippen molar-refractivity contribution in [2.24, 2.45) is 52.3 Å². The minimum absolute atomic E-state index is 0.146. The number of fused-ring (bicyclic) bond motifs is 7. The van der Waals surface area contributed by atoms with Gasteiger partial charge in [0.2, 0.25) is 0 Å². The molecule has 3 N–H and O–H groups in total. The van der Waals surface area contributed by atoms with Crippen LogP contribution < -0.4 is 0 Å². The van der Waals surface area contributed by atoms with Crippen LogP contribution in [0.1, 0.15) is 79.1 Å². The van der Waals surface area contributed by atoms with Gasteiger partial charge in [0.15, 0.2) is 5.79 Å². The number of aliphatic hydroxyl groups excluding tert-OH is 3. The third-order valence-electron chi connectivity index (χ3n) is 11.9. The van der Waals surface area contributed by atoms with Crippen molar-refractivity contribution >= 4 is 0 Å². The summed E-state index contributed by atoms with van der Waals surface area (Å²) < 4.78 is 13.0. The maximum Gasteiger partial charge on any atom is 0.197 e. The number of rotatable bonds is 0. The highest BCUT2D eigenvalue weighted by atomic mass is 16.7. The van der Waals surface area contributed by atoms with Crippen LogP contribution in [0.15, 0.2) is 0 Å². The van der Waals surface area contributed by atoms with Crippen LogP contribution in [0.2, 0.25) is 0 Å². The van der Waals surface area contributed by atoms with Crippen LogP contribution in [0.4, 0.5) is 0 Å². The Morgan fingerprint density at radius 2 is 1.56 bits per heavy atom. The normalized spacial score (nSPS) is 64.0. The molecule has 4 saturated carbocycles. The zero-order valence-corrected chi connectivity index (χ0v) is 20.4. The highest BCUT2D eigenvalue weighted by molar-refractivity contribution is 5.17. The lowest BCUT2D eigenvalue weighted by atomic mass is 9.43. The summed E-state index contributed by atoms with van der Waals surface area (Å²) in [6.45, 7) is 9.98. The molecule has 0 bridgehead atoms. The molecule has 2 saturated heterocycles. The average Bonchev–Trinajstić information content (AvgIpc) is 3.18. The van der Waals surface area contributed by atoms with Gasteiger partial charge in [-0.1, -0.05) is 27.7 Å². The average molecular weight is 449 g/mol. The molecule has 0 radical (unpaired) electrons. The summed E-state index contributed by atoms with van der Waals surface area (Å²) in [4.78, 5) is 0. The zero-order chi connectivity index (χ0) is 22.6. The van der Waals surface area contributed by atoms with Gasteiger partial charge in [-0.15, -0.1) is 0 Å². The molecule has 6 fully saturated rings. The third kappa shape index (κ3) is 2.75. The molecule has 6 aliphatic rings. The Hall–Kier alpha value is -0.200. The van der Waals surface area contributed by atoms with E-state index in [1.54, 1.807) is 0 Å². The molecule has 0 aromatic heterocycles. The van der Waals surface area contributed by atoms with E-state index in [1.807, 2.05) is 0 Å². The van der Waals surface area contributed by atoms with Crippen LogP contribution in [0.3, 0.4) is 0 Å². The van der Waals surface area contributed by atoms with E-state index in [0.29, 0.717) is 36.2 Å². The summed E-state index contributed by atoms with van der Waals surface area (Å²) >= 11 is 0. The number of ether oxygens (including phenoxy) is 2.